The van der Waals surface area contributed by atoms with Crippen LogP contribution in [-0.4, -0.2) is 0 Å². The average molecular weight is 515 g/mol. The molecule has 0 bridgehead atoms. The molecule has 3 aromatic rings. The summed E-state index contributed by atoms with van der Waals surface area (Å²) in [4.78, 5) is 2.30. The highest BCUT2D eigenvalue weighted by atomic mass is 79.9. The third-order valence-corrected chi connectivity index (χ3v) is 6.49. The van der Waals surface area contributed by atoms with Gasteiger partial charge in [0.25, 0.3) is 0 Å². The van der Waals surface area contributed by atoms with E-state index in [2.05, 4.69) is 123 Å². The van der Waals surface area contributed by atoms with Crippen molar-refractivity contribution >= 4 is 48.9 Å². The van der Waals surface area contributed by atoms with Crippen LogP contribution in [0.5, 0.6) is 0 Å². The Hall–Kier alpha value is -1.58. The second kappa shape index (κ2) is 11.0. The number of anilines is 3. The first-order valence-electron chi connectivity index (χ1n) is 10.5. The number of hydrogen-bond acceptors (Lipinski definition) is 1. The molecule has 152 valence electrons. The molecule has 0 amide bonds. The molecule has 0 spiro atoms. The highest BCUT2D eigenvalue weighted by Crippen LogP contribution is 2.36. The van der Waals surface area contributed by atoms with Crippen molar-refractivity contribution in [3.05, 3.63) is 87.3 Å². The molecule has 0 aliphatic heterocycles. The van der Waals surface area contributed by atoms with Crippen LogP contribution in [0.2, 0.25) is 0 Å². The smallest absolute Gasteiger partial charge is 0.0462 e. The van der Waals surface area contributed by atoms with Crippen LogP contribution >= 0.6 is 31.9 Å². The van der Waals surface area contributed by atoms with E-state index in [4.69, 9.17) is 0 Å². The number of nitrogens with zero attached hydrogens (tertiary/aromatic N) is 1. The summed E-state index contributed by atoms with van der Waals surface area (Å²) in [6.45, 7) is 4.60. The van der Waals surface area contributed by atoms with Crippen molar-refractivity contribution < 1.29 is 0 Å². The van der Waals surface area contributed by atoms with Crippen LogP contribution in [0.1, 0.15) is 45.1 Å². The first-order chi connectivity index (χ1) is 14.1. The molecule has 0 aromatic heterocycles. The van der Waals surface area contributed by atoms with Crippen LogP contribution in [-0.2, 0) is 6.42 Å². The van der Waals surface area contributed by atoms with Gasteiger partial charge in [-0.1, -0.05) is 83.5 Å². The number of hydrogen-bond donors (Lipinski definition) is 0. The molecule has 0 radical (unpaired) electrons. The standard InChI is InChI=1S/C26H29Br2N/c1-3-5-6-20(4-2)19-21-7-13-24(14-8-21)29(25-15-9-22(27)10-16-25)26-17-11-23(28)12-18-26/h7-18,20H,3-6,19H2,1-2H3. The summed E-state index contributed by atoms with van der Waals surface area (Å²) in [5, 5.41) is 0. The lowest BCUT2D eigenvalue weighted by molar-refractivity contribution is 0.449. The maximum Gasteiger partial charge on any atom is 0.0462 e. The molecule has 0 N–H and O–H groups in total. The maximum atomic E-state index is 3.55. The van der Waals surface area contributed by atoms with Crippen LogP contribution < -0.4 is 4.90 Å². The number of halogens is 2. The number of benzene rings is 3. The minimum absolute atomic E-state index is 0.787. The first-order valence-corrected chi connectivity index (χ1v) is 12.1. The van der Waals surface area contributed by atoms with Gasteiger partial charge in [-0.15, -0.1) is 0 Å². The van der Waals surface area contributed by atoms with E-state index in [1.807, 2.05) is 0 Å². The summed E-state index contributed by atoms with van der Waals surface area (Å²) in [5.74, 6) is 0.787. The lowest BCUT2D eigenvalue weighted by atomic mass is 9.92. The highest BCUT2D eigenvalue weighted by Gasteiger charge is 2.13. The molecule has 1 nitrogen and oxygen atoms in total. The minimum atomic E-state index is 0.787. The lowest BCUT2D eigenvalue weighted by Crippen LogP contribution is -2.10. The zero-order chi connectivity index (χ0) is 20.6. The van der Waals surface area contributed by atoms with Crippen LogP contribution in [0, 0.1) is 5.92 Å². The zero-order valence-corrected chi connectivity index (χ0v) is 20.4. The molecule has 3 rings (SSSR count). The summed E-state index contributed by atoms with van der Waals surface area (Å²) in [6, 6.07) is 26.1. The fourth-order valence-electron chi connectivity index (χ4n) is 3.69. The van der Waals surface area contributed by atoms with Gasteiger partial charge in [0.1, 0.15) is 0 Å². The van der Waals surface area contributed by atoms with Crippen LogP contribution in [0.3, 0.4) is 0 Å². The minimum Gasteiger partial charge on any atom is -0.311 e. The summed E-state index contributed by atoms with van der Waals surface area (Å²) in [7, 11) is 0. The summed E-state index contributed by atoms with van der Waals surface area (Å²) >= 11 is 7.10. The summed E-state index contributed by atoms with van der Waals surface area (Å²) < 4.78 is 2.18. The molecule has 0 saturated carbocycles. The Balaban J connectivity index is 1.87. The van der Waals surface area contributed by atoms with Gasteiger partial charge in [-0.25, -0.2) is 0 Å². The Kier molecular flexibility index (Phi) is 8.38. The van der Waals surface area contributed by atoms with Gasteiger partial charge in [-0.05, 0) is 78.6 Å². The molecule has 0 saturated heterocycles. The Morgan fingerprint density at radius 2 is 1.14 bits per heavy atom. The predicted molar refractivity (Wildman–Crippen MR) is 134 cm³/mol. The molecular weight excluding hydrogens is 486 g/mol. The molecule has 0 aliphatic carbocycles. The Morgan fingerprint density at radius 1 is 0.690 bits per heavy atom. The maximum absolute atomic E-state index is 3.55. The van der Waals surface area contributed by atoms with Gasteiger partial charge in [0.15, 0.2) is 0 Å². The molecule has 3 aromatic carbocycles. The molecular formula is C26H29Br2N. The quantitative estimate of drug-likeness (QED) is 0.274. The Bertz CT molecular complexity index is 825. The SMILES string of the molecule is CCCCC(CC)Cc1ccc(N(c2ccc(Br)cc2)c2ccc(Br)cc2)cc1. The van der Waals surface area contributed by atoms with E-state index in [1.54, 1.807) is 0 Å². The fourth-order valence-corrected chi connectivity index (χ4v) is 4.21. The number of unbranched alkanes of at least 4 members (excludes halogenated alkanes) is 1. The summed E-state index contributed by atoms with van der Waals surface area (Å²) in [5.41, 5.74) is 4.92. The van der Waals surface area contributed by atoms with Gasteiger partial charge in [0.2, 0.25) is 0 Å². The largest absolute Gasteiger partial charge is 0.311 e. The zero-order valence-electron chi connectivity index (χ0n) is 17.2. The third-order valence-electron chi connectivity index (χ3n) is 5.43. The van der Waals surface area contributed by atoms with E-state index in [1.165, 1.54) is 43.4 Å². The van der Waals surface area contributed by atoms with E-state index >= 15 is 0 Å². The van der Waals surface area contributed by atoms with Gasteiger partial charge < -0.3 is 4.90 Å². The van der Waals surface area contributed by atoms with Crippen LogP contribution in [0.25, 0.3) is 0 Å². The van der Waals surface area contributed by atoms with Gasteiger partial charge in [0, 0.05) is 26.0 Å². The molecule has 0 fully saturated rings. The van der Waals surface area contributed by atoms with Crippen LogP contribution in [0.15, 0.2) is 81.7 Å². The summed E-state index contributed by atoms with van der Waals surface area (Å²) in [6.07, 6.45) is 6.37. The van der Waals surface area contributed by atoms with E-state index < -0.39 is 0 Å². The molecule has 0 aliphatic rings. The van der Waals surface area contributed by atoms with E-state index in [0.29, 0.717) is 0 Å². The Morgan fingerprint density at radius 3 is 1.55 bits per heavy atom. The molecule has 1 atom stereocenters. The average Bonchev–Trinajstić information content (AvgIpc) is 2.75. The predicted octanol–water partition coefficient (Wildman–Crippen LogP) is 9.44. The fraction of sp³-hybridized carbons (Fsp3) is 0.308. The van der Waals surface area contributed by atoms with Crippen LogP contribution in [0.4, 0.5) is 17.1 Å². The van der Waals surface area contributed by atoms with Crippen molar-refractivity contribution in [2.24, 2.45) is 5.92 Å². The lowest BCUT2D eigenvalue weighted by Gasteiger charge is -2.26. The van der Waals surface area contributed by atoms with Gasteiger partial charge in [-0.2, -0.15) is 0 Å². The molecule has 3 heteroatoms. The third kappa shape index (κ3) is 6.20. The van der Waals surface area contributed by atoms with Crippen molar-refractivity contribution in [3.8, 4) is 0 Å². The monoisotopic (exact) mass is 513 g/mol. The second-order valence-corrected chi connectivity index (χ2v) is 9.41. The Labute approximate surface area is 192 Å². The van der Waals surface area contributed by atoms with E-state index in [9.17, 15) is 0 Å². The van der Waals surface area contributed by atoms with E-state index in [0.717, 1.165) is 26.2 Å². The van der Waals surface area contributed by atoms with E-state index in [-0.39, 0.29) is 0 Å². The topological polar surface area (TPSA) is 3.24 Å². The highest BCUT2D eigenvalue weighted by molar-refractivity contribution is 9.10. The van der Waals surface area contributed by atoms with Gasteiger partial charge >= 0.3 is 0 Å². The van der Waals surface area contributed by atoms with Crippen molar-refractivity contribution in [1.82, 2.24) is 0 Å². The van der Waals surface area contributed by atoms with Crippen molar-refractivity contribution in [1.29, 1.82) is 0 Å². The van der Waals surface area contributed by atoms with Gasteiger partial charge in [0.05, 0.1) is 0 Å². The van der Waals surface area contributed by atoms with Crippen molar-refractivity contribution in [3.63, 3.8) is 0 Å². The second-order valence-electron chi connectivity index (χ2n) is 7.58. The van der Waals surface area contributed by atoms with Crippen molar-refractivity contribution in [2.45, 2.75) is 46.0 Å². The molecule has 1 unspecified atom stereocenters. The van der Waals surface area contributed by atoms with Gasteiger partial charge in [-0.3, -0.25) is 0 Å². The van der Waals surface area contributed by atoms with Crippen molar-refractivity contribution in [2.75, 3.05) is 4.90 Å². The first kappa shape index (κ1) is 22.1. The molecule has 29 heavy (non-hydrogen) atoms. The number of rotatable bonds is 9. The normalized spacial score (nSPS) is 12.0. The molecule has 0 heterocycles.